The van der Waals surface area contributed by atoms with E-state index in [0.29, 0.717) is 0 Å². The van der Waals surface area contributed by atoms with Gasteiger partial charge in [-0.05, 0) is 34.1 Å². The highest BCUT2D eigenvalue weighted by atomic mass is 79.9. The second-order valence-corrected chi connectivity index (χ2v) is 6.07. The lowest BCUT2D eigenvalue weighted by Crippen LogP contribution is -2.17. The molecule has 4 heteroatoms. The highest BCUT2D eigenvalue weighted by Crippen LogP contribution is 2.21. The van der Waals surface area contributed by atoms with E-state index in [0.717, 1.165) is 28.2 Å². The predicted octanol–water partition coefficient (Wildman–Crippen LogP) is 3.52. The zero-order chi connectivity index (χ0) is 13.2. The van der Waals surface area contributed by atoms with Gasteiger partial charge in [0.05, 0.1) is 5.69 Å². The van der Waals surface area contributed by atoms with Crippen LogP contribution >= 0.6 is 15.9 Å². The Balaban J connectivity index is 2.32. The van der Waals surface area contributed by atoms with Crippen molar-refractivity contribution in [3.05, 3.63) is 52.3 Å². The molecule has 0 aliphatic rings. The summed E-state index contributed by atoms with van der Waals surface area (Å²) in [4.78, 5) is 13.4. The van der Waals surface area contributed by atoms with E-state index in [2.05, 4.69) is 51.7 Å². The van der Waals surface area contributed by atoms with Crippen LogP contribution in [-0.2, 0) is 11.8 Å². The molecule has 0 aliphatic heterocycles. The van der Waals surface area contributed by atoms with Gasteiger partial charge in [-0.1, -0.05) is 26.8 Å². The fourth-order valence-corrected chi connectivity index (χ4v) is 2.01. The van der Waals surface area contributed by atoms with Gasteiger partial charge < -0.3 is 0 Å². The van der Waals surface area contributed by atoms with Crippen LogP contribution in [0.5, 0.6) is 0 Å². The molecule has 2 heterocycles. The molecule has 0 N–H and O–H groups in total. The molecule has 0 atom stereocenters. The third kappa shape index (κ3) is 3.35. The van der Waals surface area contributed by atoms with E-state index < -0.39 is 0 Å². The van der Waals surface area contributed by atoms with Crippen LogP contribution in [0.15, 0.2) is 35.1 Å². The zero-order valence-corrected chi connectivity index (χ0v) is 12.4. The van der Waals surface area contributed by atoms with Gasteiger partial charge in [0, 0.05) is 23.7 Å². The summed E-state index contributed by atoms with van der Waals surface area (Å²) in [6, 6.07) is 7.86. The van der Waals surface area contributed by atoms with Crippen molar-refractivity contribution in [3.63, 3.8) is 0 Å². The van der Waals surface area contributed by atoms with Gasteiger partial charge in [-0.15, -0.1) is 0 Å². The Hall–Kier alpha value is -1.29. The monoisotopic (exact) mass is 305 g/mol. The molecule has 0 fully saturated rings. The molecule has 0 bridgehead atoms. The molecule has 0 saturated carbocycles. The predicted molar refractivity (Wildman–Crippen MR) is 75.5 cm³/mol. The number of halogens is 1. The van der Waals surface area contributed by atoms with E-state index >= 15 is 0 Å². The first kappa shape index (κ1) is 13.1. The summed E-state index contributed by atoms with van der Waals surface area (Å²) in [5, 5.41) is 0. The summed E-state index contributed by atoms with van der Waals surface area (Å²) >= 11 is 3.45. The molecular weight excluding hydrogens is 290 g/mol. The lowest BCUT2D eigenvalue weighted by Gasteiger charge is -2.17. The van der Waals surface area contributed by atoms with Crippen molar-refractivity contribution in [3.8, 4) is 0 Å². The molecule has 0 unspecified atom stereocenters. The molecule has 0 aliphatic carbocycles. The maximum atomic E-state index is 4.62. The molecule has 94 valence electrons. The van der Waals surface area contributed by atoms with Gasteiger partial charge in [-0.2, -0.15) is 0 Å². The van der Waals surface area contributed by atoms with Gasteiger partial charge in [-0.3, -0.25) is 4.98 Å². The molecule has 2 aromatic rings. The number of nitrogens with zero attached hydrogens (tertiary/aromatic N) is 3. The van der Waals surface area contributed by atoms with Crippen LogP contribution in [0.1, 0.15) is 38.0 Å². The third-order valence-corrected chi connectivity index (χ3v) is 2.91. The average Bonchev–Trinajstić information content (AvgIpc) is 2.28. The quantitative estimate of drug-likeness (QED) is 0.797. The van der Waals surface area contributed by atoms with Crippen molar-refractivity contribution in [2.24, 2.45) is 0 Å². The number of aromatic nitrogens is 3. The minimum atomic E-state index is -0.0529. The topological polar surface area (TPSA) is 38.7 Å². The van der Waals surface area contributed by atoms with Crippen LogP contribution in [0.3, 0.4) is 0 Å². The number of rotatable bonds is 2. The van der Waals surface area contributed by atoms with E-state index in [9.17, 15) is 0 Å². The van der Waals surface area contributed by atoms with E-state index in [1.54, 1.807) is 6.20 Å². The Morgan fingerprint density at radius 3 is 2.50 bits per heavy atom. The average molecular weight is 306 g/mol. The molecule has 0 saturated heterocycles. The Morgan fingerprint density at radius 1 is 1.11 bits per heavy atom. The van der Waals surface area contributed by atoms with E-state index in [1.807, 2.05) is 24.3 Å². The summed E-state index contributed by atoms with van der Waals surface area (Å²) in [6.45, 7) is 6.33. The molecule has 2 rings (SSSR count). The van der Waals surface area contributed by atoms with Gasteiger partial charge in [0.25, 0.3) is 0 Å². The van der Waals surface area contributed by atoms with Crippen molar-refractivity contribution in [1.82, 2.24) is 15.0 Å². The molecule has 3 nitrogen and oxygen atoms in total. The van der Waals surface area contributed by atoms with E-state index in [4.69, 9.17) is 0 Å². The minimum Gasteiger partial charge on any atom is -0.261 e. The highest BCUT2D eigenvalue weighted by Gasteiger charge is 2.18. The number of hydrogen-bond donors (Lipinski definition) is 0. The van der Waals surface area contributed by atoms with Crippen molar-refractivity contribution in [2.45, 2.75) is 32.6 Å². The van der Waals surface area contributed by atoms with Gasteiger partial charge in [0.1, 0.15) is 10.4 Å². The van der Waals surface area contributed by atoms with Crippen molar-refractivity contribution in [2.75, 3.05) is 0 Å². The van der Waals surface area contributed by atoms with Crippen molar-refractivity contribution >= 4 is 15.9 Å². The standard InChI is InChI=1S/C14H16BrN3/c1-14(2,3)13-17-11(9-12(15)18-13)8-10-6-4-5-7-16-10/h4-7,9H,8H2,1-3H3. The second-order valence-electron chi connectivity index (χ2n) is 5.25. The van der Waals surface area contributed by atoms with Crippen LogP contribution in [0.4, 0.5) is 0 Å². The summed E-state index contributed by atoms with van der Waals surface area (Å²) in [7, 11) is 0. The SMILES string of the molecule is CC(C)(C)c1nc(Br)cc(Cc2ccccn2)n1. The van der Waals surface area contributed by atoms with Gasteiger partial charge in [-0.25, -0.2) is 9.97 Å². The van der Waals surface area contributed by atoms with E-state index in [-0.39, 0.29) is 5.41 Å². The van der Waals surface area contributed by atoms with Gasteiger partial charge >= 0.3 is 0 Å². The zero-order valence-electron chi connectivity index (χ0n) is 10.8. The number of pyridine rings is 1. The number of hydrogen-bond acceptors (Lipinski definition) is 3. The van der Waals surface area contributed by atoms with Gasteiger partial charge in [0.15, 0.2) is 0 Å². The molecule has 18 heavy (non-hydrogen) atoms. The maximum Gasteiger partial charge on any atom is 0.135 e. The van der Waals surface area contributed by atoms with Crippen LogP contribution in [-0.4, -0.2) is 15.0 Å². The Labute approximate surface area is 116 Å². The smallest absolute Gasteiger partial charge is 0.135 e. The van der Waals surface area contributed by atoms with Gasteiger partial charge in [0.2, 0.25) is 0 Å². The van der Waals surface area contributed by atoms with E-state index in [1.165, 1.54) is 0 Å². The fraction of sp³-hybridized carbons (Fsp3) is 0.357. The summed E-state index contributed by atoms with van der Waals surface area (Å²) in [6.07, 6.45) is 2.53. The Morgan fingerprint density at radius 2 is 1.89 bits per heavy atom. The first-order valence-electron chi connectivity index (χ1n) is 5.89. The third-order valence-electron chi connectivity index (χ3n) is 2.51. The summed E-state index contributed by atoms with van der Waals surface area (Å²) in [5.74, 6) is 0.850. The molecule has 0 radical (unpaired) electrons. The first-order valence-corrected chi connectivity index (χ1v) is 6.68. The first-order chi connectivity index (χ1) is 8.45. The van der Waals surface area contributed by atoms with Crippen LogP contribution < -0.4 is 0 Å². The largest absolute Gasteiger partial charge is 0.261 e. The molecule has 0 amide bonds. The summed E-state index contributed by atoms with van der Waals surface area (Å²) in [5.41, 5.74) is 1.95. The minimum absolute atomic E-state index is 0.0529. The summed E-state index contributed by atoms with van der Waals surface area (Å²) < 4.78 is 0.827. The molecule has 0 spiro atoms. The molecular formula is C14H16BrN3. The van der Waals surface area contributed by atoms with Crippen LogP contribution in [0.2, 0.25) is 0 Å². The van der Waals surface area contributed by atoms with Crippen LogP contribution in [0.25, 0.3) is 0 Å². The lowest BCUT2D eigenvalue weighted by atomic mass is 9.95. The maximum absolute atomic E-state index is 4.62. The molecule has 0 aromatic carbocycles. The Kier molecular flexibility index (Phi) is 3.76. The fourth-order valence-electron chi connectivity index (χ4n) is 1.58. The van der Waals surface area contributed by atoms with Crippen molar-refractivity contribution < 1.29 is 0 Å². The Bertz CT molecular complexity index is 532. The molecule has 2 aromatic heterocycles. The lowest BCUT2D eigenvalue weighted by molar-refractivity contribution is 0.540. The second kappa shape index (κ2) is 5.14. The highest BCUT2D eigenvalue weighted by molar-refractivity contribution is 9.10. The van der Waals surface area contributed by atoms with Crippen LogP contribution in [0, 0.1) is 0 Å². The normalized spacial score (nSPS) is 11.6. The van der Waals surface area contributed by atoms with Crippen molar-refractivity contribution in [1.29, 1.82) is 0 Å².